The van der Waals surface area contributed by atoms with Crippen molar-refractivity contribution in [2.45, 2.75) is 19.3 Å². The monoisotopic (exact) mass is 411 g/mol. The lowest BCUT2D eigenvalue weighted by Crippen LogP contribution is -2.46. The van der Waals surface area contributed by atoms with Gasteiger partial charge in [0, 0.05) is 18.9 Å². The van der Waals surface area contributed by atoms with Crippen LogP contribution in [0, 0.1) is 0 Å². The first-order valence-electron chi connectivity index (χ1n) is 10.5. The van der Waals surface area contributed by atoms with Crippen LogP contribution in [0.1, 0.15) is 30.4 Å². The Morgan fingerprint density at radius 2 is 1.57 bits per heavy atom. The summed E-state index contributed by atoms with van der Waals surface area (Å²) in [4.78, 5) is 23.9. The van der Waals surface area contributed by atoms with Gasteiger partial charge in [-0.25, -0.2) is 9.59 Å². The molecule has 1 N–H and O–H groups in total. The number of quaternary nitrogens is 1. The van der Waals surface area contributed by atoms with Gasteiger partial charge >= 0.3 is 12.1 Å². The molecule has 0 saturated carbocycles. The molecule has 160 valence electrons. The van der Waals surface area contributed by atoms with E-state index in [0.29, 0.717) is 30.8 Å². The van der Waals surface area contributed by atoms with E-state index in [-0.39, 0.29) is 11.9 Å². The van der Waals surface area contributed by atoms with Gasteiger partial charge in [0.15, 0.2) is 6.54 Å². The van der Waals surface area contributed by atoms with Crippen LogP contribution in [0.25, 0.3) is 11.1 Å². The number of amides is 1. The fourth-order valence-electron chi connectivity index (χ4n) is 3.98. The first-order valence-corrected chi connectivity index (χ1v) is 10.5. The van der Waals surface area contributed by atoms with Crippen molar-refractivity contribution in [1.82, 2.24) is 5.32 Å². The summed E-state index contributed by atoms with van der Waals surface area (Å²) in [5, 5.41) is 2.82. The summed E-state index contributed by atoms with van der Waals surface area (Å²) in [6.07, 6.45) is 0.337. The van der Waals surface area contributed by atoms with Crippen LogP contribution in [0.5, 0.6) is 0 Å². The van der Waals surface area contributed by atoms with E-state index in [9.17, 15) is 9.59 Å². The molecule has 1 amide bonds. The molecule has 0 aliphatic heterocycles. The van der Waals surface area contributed by atoms with Gasteiger partial charge in [0.2, 0.25) is 0 Å². The zero-order valence-electron chi connectivity index (χ0n) is 18.0. The number of nitrogens with one attached hydrogen (secondary N) is 1. The Morgan fingerprint density at radius 3 is 2.17 bits per heavy atom. The molecule has 2 aromatic rings. The average molecular weight is 412 g/mol. The number of carbonyl (C=O) groups excluding carboxylic acids is 2. The molecule has 0 aromatic heterocycles. The van der Waals surface area contributed by atoms with Crippen LogP contribution in [0.3, 0.4) is 0 Å². The molecule has 0 heterocycles. The average Bonchev–Trinajstić information content (AvgIpc) is 3.03. The Labute approximate surface area is 178 Å². The molecule has 6 heteroatoms. The Morgan fingerprint density at radius 1 is 0.967 bits per heavy atom. The van der Waals surface area contributed by atoms with Crippen LogP contribution in [0.15, 0.2) is 48.5 Å². The summed E-state index contributed by atoms with van der Waals surface area (Å²) in [6.45, 7) is 4.07. The summed E-state index contributed by atoms with van der Waals surface area (Å²) in [5.41, 5.74) is 4.82. The maximum atomic E-state index is 12.2. The van der Waals surface area contributed by atoms with Crippen molar-refractivity contribution in [3.05, 3.63) is 59.7 Å². The minimum absolute atomic E-state index is 0.0586. The molecule has 0 atom stereocenters. The molecule has 0 saturated heterocycles. The largest absolute Gasteiger partial charge is 0.462 e. The number of hydrogen-bond acceptors (Lipinski definition) is 4. The number of rotatable bonds is 9. The highest BCUT2D eigenvalue weighted by Crippen LogP contribution is 2.44. The number of nitrogens with zero attached hydrogens (tertiary/aromatic N) is 1. The highest BCUT2D eigenvalue weighted by Gasteiger charge is 2.29. The van der Waals surface area contributed by atoms with Gasteiger partial charge in [0.05, 0.1) is 27.2 Å². The van der Waals surface area contributed by atoms with Gasteiger partial charge in [-0.15, -0.1) is 0 Å². The van der Waals surface area contributed by atoms with Crippen LogP contribution in [0.2, 0.25) is 0 Å². The Hall–Kier alpha value is -2.86. The van der Waals surface area contributed by atoms with Crippen LogP contribution in [0.4, 0.5) is 4.79 Å². The molecule has 1 aliphatic rings. The van der Waals surface area contributed by atoms with E-state index < -0.39 is 6.09 Å². The van der Waals surface area contributed by atoms with Gasteiger partial charge in [0.25, 0.3) is 0 Å². The lowest BCUT2D eigenvalue weighted by atomic mass is 9.98. The van der Waals surface area contributed by atoms with Gasteiger partial charge in [-0.1, -0.05) is 48.5 Å². The molecule has 30 heavy (non-hydrogen) atoms. The van der Waals surface area contributed by atoms with E-state index in [1.165, 1.54) is 22.3 Å². The summed E-state index contributed by atoms with van der Waals surface area (Å²) in [6, 6.07) is 16.5. The van der Waals surface area contributed by atoms with Crippen molar-refractivity contribution in [1.29, 1.82) is 0 Å². The van der Waals surface area contributed by atoms with Gasteiger partial charge in [-0.3, -0.25) is 0 Å². The first-order chi connectivity index (χ1) is 14.4. The number of esters is 1. The molecule has 6 nitrogen and oxygen atoms in total. The molecule has 1 aliphatic carbocycles. The predicted octanol–water partition coefficient (Wildman–Crippen LogP) is 3.55. The summed E-state index contributed by atoms with van der Waals surface area (Å²) >= 11 is 0. The molecular formula is C24H31N2O4+. The maximum Gasteiger partial charge on any atom is 0.407 e. The molecule has 0 fully saturated rings. The third kappa shape index (κ3) is 5.39. The third-order valence-corrected chi connectivity index (χ3v) is 5.42. The van der Waals surface area contributed by atoms with Crippen LogP contribution in [-0.2, 0) is 14.3 Å². The van der Waals surface area contributed by atoms with Crippen molar-refractivity contribution >= 4 is 12.1 Å². The lowest BCUT2D eigenvalue weighted by molar-refractivity contribution is -0.883. The highest BCUT2D eigenvalue weighted by molar-refractivity contribution is 5.79. The van der Waals surface area contributed by atoms with E-state index in [1.807, 2.05) is 38.4 Å². The number of benzene rings is 2. The van der Waals surface area contributed by atoms with Crippen molar-refractivity contribution in [2.75, 3.05) is 46.9 Å². The molecule has 3 rings (SSSR count). The van der Waals surface area contributed by atoms with E-state index >= 15 is 0 Å². The maximum absolute atomic E-state index is 12.2. The van der Waals surface area contributed by atoms with Crippen molar-refractivity contribution < 1.29 is 23.5 Å². The van der Waals surface area contributed by atoms with Crippen LogP contribution in [-0.4, -0.2) is 63.5 Å². The number of alkyl carbamates (subject to hydrolysis) is 1. The summed E-state index contributed by atoms with van der Waals surface area (Å²) < 4.78 is 11.1. The topological polar surface area (TPSA) is 64.6 Å². The first kappa shape index (κ1) is 21.8. The van der Waals surface area contributed by atoms with Crippen LogP contribution < -0.4 is 5.32 Å². The molecule has 0 unspecified atom stereocenters. The lowest BCUT2D eigenvalue weighted by Gasteiger charge is -2.28. The molecular weight excluding hydrogens is 380 g/mol. The second kappa shape index (κ2) is 9.76. The second-order valence-electron chi connectivity index (χ2n) is 8.23. The minimum atomic E-state index is -0.410. The Bertz CT molecular complexity index is 849. The third-order valence-electron chi connectivity index (χ3n) is 5.42. The molecule has 2 aromatic carbocycles. The summed E-state index contributed by atoms with van der Waals surface area (Å²) in [5.74, 6) is -0.143. The zero-order valence-corrected chi connectivity index (χ0v) is 18.0. The van der Waals surface area contributed by atoms with Gasteiger partial charge < -0.3 is 19.3 Å². The molecule has 0 bridgehead atoms. The van der Waals surface area contributed by atoms with Crippen molar-refractivity contribution in [3.8, 4) is 11.1 Å². The minimum Gasteiger partial charge on any atom is -0.462 e. The van der Waals surface area contributed by atoms with Crippen LogP contribution >= 0.6 is 0 Å². The highest BCUT2D eigenvalue weighted by atomic mass is 16.5. The fraction of sp³-hybridized carbons (Fsp3) is 0.417. The molecule has 0 radical (unpaired) electrons. The number of carbonyl (C=O) groups is 2. The van der Waals surface area contributed by atoms with Gasteiger partial charge in [-0.05, 0) is 29.2 Å². The van der Waals surface area contributed by atoms with E-state index in [2.05, 4.69) is 29.6 Å². The quantitative estimate of drug-likeness (QED) is 0.389. The van der Waals surface area contributed by atoms with E-state index in [0.717, 1.165) is 13.0 Å². The SMILES string of the molecule is CCOC(=O)C[N+](C)(C)CCCNC(=O)OCC1c2ccccc2-c2ccccc21. The van der Waals surface area contributed by atoms with Crippen molar-refractivity contribution in [2.24, 2.45) is 0 Å². The number of fused-ring (bicyclic) bond motifs is 3. The number of hydrogen-bond donors (Lipinski definition) is 1. The van der Waals surface area contributed by atoms with E-state index in [4.69, 9.17) is 9.47 Å². The molecule has 0 spiro atoms. The summed E-state index contributed by atoms with van der Waals surface area (Å²) in [7, 11) is 3.95. The van der Waals surface area contributed by atoms with Gasteiger partial charge in [-0.2, -0.15) is 0 Å². The second-order valence-corrected chi connectivity index (χ2v) is 8.23. The van der Waals surface area contributed by atoms with Crippen molar-refractivity contribution in [3.63, 3.8) is 0 Å². The number of ether oxygens (including phenoxy) is 2. The Kier molecular flexibility index (Phi) is 7.11. The predicted molar refractivity (Wildman–Crippen MR) is 116 cm³/mol. The number of likely N-dealkylation sites (N-methyl/N-ethyl adjacent to an activating group) is 1. The fourth-order valence-corrected chi connectivity index (χ4v) is 3.98. The smallest absolute Gasteiger partial charge is 0.407 e. The standard InChI is InChI=1S/C24H30N2O4/c1-4-29-23(27)16-26(2,3)15-9-14-25-24(28)30-17-22-20-12-7-5-10-18(20)19-11-6-8-13-21(19)22/h5-8,10-13,22H,4,9,14-17H2,1-3H3/p+1. The Balaban J connectivity index is 1.45. The van der Waals surface area contributed by atoms with Gasteiger partial charge in [0.1, 0.15) is 6.61 Å². The normalized spacial score (nSPS) is 12.8. The zero-order chi connectivity index (χ0) is 21.6. The van der Waals surface area contributed by atoms with E-state index in [1.54, 1.807) is 6.92 Å².